The van der Waals surface area contributed by atoms with Gasteiger partial charge in [0.15, 0.2) is 21.2 Å². The molecule has 2 saturated heterocycles. The molecule has 0 spiro atoms. The van der Waals surface area contributed by atoms with Gasteiger partial charge in [-0.1, -0.05) is 5.21 Å². The molecule has 1 amide bonds. The van der Waals surface area contributed by atoms with Crippen molar-refractivity contribution in [3.8, 4) is 5.69 Å². The molecule has 0 aliphatic carbocycles. The molecule has 8 nitrogen and oxygen atoms in total. The molecule has 0 N–H and O–H groups in total. The Bertz CT molecular complexity index is 1080. The van der Waals surface area contributed by atoms with Crippen LogP contribution in [-0.2, 0) is 16.0 Å². The average Bonchev–Trinajstić information content (AvgIpc) is 3.32. The molecule has 1 atom stereocenters. The summed E-state index contributed by atoms with van der Waals surface area (Å²) in [5.41, 5.74) is -2.23. The molecular weight excluding hydrogens is 442 g/mol. The zero-order valence-electron chi connectivity index (χ0n) is 16.2. The van der Waals surface area contributed by atoms with Gasteiger partial charge in [-0.25, -0.2) is 17.5 Å². The smallest absolute Gasteiger partial charge is 0.335 e. The van der Waals surface area contributed by atoms with E-state index in [1.54, 1.807) is 0 Å². The van der Waals surface area contributed by atoms with Crippen molar-refractivity contribution < 1.29 is 30.8 Å². The van der Waals surface area contributed by atoms with Crippen LogP contribution in [0.25, 0.3) is 5.69 Å². The van der Waals surface area contributed by atoms with E-state index in [4.69, 9.17) is 0 Å². The first-order chi connectivity index (χ1) is 14.5. The van der Waals surface area contributed by atoms with Gasteiger partial charge in [-0.2, -0.15) is 13.2 Å². The first-order valence-corrected chi connectivity index (χ1v) is 11.4. The minimum Gasteiger partial charge on any atom is -0.335 e. The lowest BCUT2D eigenvalue weighted by molar-refractivity contribution is -0.143. The number of alkyl halides is 3. The summed E-state index contributed by atoms with van der Waals surface area (Å²) >= 11 is 0. The van der Waals surface area contributed by atoms with Crippen molar-refractivity contribution in [2.24, 2.45) is 0 Å². The van der Waals surface area contributed by atoms with E-state index in [2.05, 4.69) is 10.3 Å². The number of hydrogen-bond acceptors (Lipinski definition) is 6. The van der Waals surface area contributed by atoms with E-state index in [-0.39, 0.29) is 36.3 Å². The van der Waals surface area contributed by atoms with Crippen molar-refractivity contribution in [2.75, 3.05) is 37.7 Å². The largest absolute Gasteiger partial charge is 0.435 e. The summed E-state index contributed by atoms with van der Waals surface area (Å²) < 4.78 is 78.3. The molecule has 1 unspecified atom stereocenters. The Hall–Kier alpha value is -2.54. The summed E-state index contributed by atoms with van der Waals surface area (Å²) in [6.07, 6.45) is -4.40. The lowest BCUT2D eigenvalue weighted by Crippen LogP contribution is -2.52. The van der Waals surface area contributed by atoms with Crippen molar-refractivity contribution >= 4 is 15.7 Å². The van der Waals surface area contributed by atoms with Crippen LogP contribution in [0, 0.1) is 5.82 Å². The third-order valence-corrected chi connectivity index (χ3v) is 7.29. The molecular formula is C18H19F4N5O3S. The van der Waals surface area contributed by atoms with Crippen LogP contribution in [0.15, 0.2) is 24.3 Å². The molecule has 0 bridgehead atoms. The number of amides is 1. The van der Waals surface area contributed by atoms with Crippen LogP contribution in [0.3, 0.4) is 0 Å². The monoisotopic (exact) mass is 461 g/mol. The summed E-state index contributed by atoms with van der Waals surface area (Å²) in [5.74, 6) is -1.34. The standard InChI is InChI=1S/C18H19F4N5O3S/c19-12-1-3-13(4-2-12)27-16(18(20,21)22)15(23-24-27)17(28)26-8-6-25(7-9-26)14-5-10-31(29,30)11-14/h1-4,14H,5-11H2. The van der Waals surface area contributed by atoms with Gasteiger partial charge >= 0.3 is 6.18 Å². The summed E-state index contributed by atoms with van der Waals surface area (Å²) in [7, 11) is -3.06. The Morgan fingerprint density at radius 3 is 2.26 bits per heavy atom. The zero-order chi connectivity index (χ0) is 22.4. The molecule has 2 aliphatic rings. The highest BCUT2D eigenvalue weighted by Crippen LogP contribution is 2.33. The highest BCUT2D eigenvalue weighted by atomic mass is 32.2. The molecule has 2 aromatic rings. The maximum Gasteiger partial charge on any atom is 0.435 e. The van der Waals surface area contributed by atoms with Crippen molar-refractivity contribution in [3.05, 3.63) is 41.5 Å². The van der Waals surface area contributed by atoms with E-state index < -0.39 is 39.1 Å². The number of benzene rings is 1. The number of carbonyl (C=O) groups excluding carboxylic acids is 1. The van der Waals surface area contributed by atoms with E-state index in [0.29, 0.717) is 24.2 Å². The Balaban J connectivity index is 1.53. The first kappa shape index (κ1) is 21.7. The maximum absolute atomic E-state index is 13.8. The number of rotatable bonds is 3. The third-order valence-electron chi connectivity index (χ3n) is 5.54. The van der Waals surface area contributed by atoms with Gasteiger partial charge in [0.05, 0.1) is 17.2 Å². The number of carbonyl (C=O) groups is 1. The summed E-state index contributed by atoms with van der Waals surface area (Å²) in [6.45, 7) is 1.02. The predicted molar refractivity (Wildman–Crippen MR) is 101 cm³/mol. The first-order valence-electron chi connectivity index (χ1n) is 9.58. The molecule has 1 aromatic carbocycles. The van der Waals surface area contributed by atoms with Crippen molar-refractivity contribution in [1.29, 1.82) is 0 Å². The number of piperazine rings is 1. The van der Waals surface area contributed by atoms with Crippen LogP contribution < -0.4 is 0 Å². The van der Waals surface area contributed by atoms with E-state index in [0.717, 1.165) is 24.3 Å². The van der Waals surface area contributed by atoms with Crippen LogP contribution in [-0.4, -0.2) is 82.8 Å². The van der Waals surface area contributed by atoms with Crippen molar-refractivity contribution in [3.63, 3.8) is 0 Å². The molecule has 168 valence electrons. The number of halogens is 4. The van der Waals surface area contributed by atoms with Crippen molar-refractivity contribution in [1.82, 2.24) is 24.8 Å². The second-order valence-electron chi connectivity index (χ2n) is 7.56. The molecule has 1 aromatic heterocycles. The number of nitrogens with zero attached hydrogens (tertiary/aromatic N) is 5. The van der Waals surface area contributed by atoms with Gasteiger partial charge in [0.25, 0.3) is 5.91 Å². The molecule has 13 heteroatoms. The molecule has 0 saturated carbocycles. The summed E-state index contributed by atoms with van der Waals surface area (Å²) in [5, 5.41) is 6.98. The van der Waals surface area contributed by atoms with E-state index >= 15 is 0 Å². The normalized spacial score (nSPS) is 22.1. The van der Waals surface area contributed by atoms with E-state index in [1.165, 1.54) is 4.90 Å². The van der Waals surface area contributed by atoms with Crippen LogP contribution in [0.2, 0.25) is 0 Å². The molecule has 4 rings (SSSR count). The van der Waals surface area contributed by atoms with E-state index in [9.17, 15) is 30.8 Å². The average molecular weight is 461 g/mol. The Morgan fingerprint density at radius 1 is 1.06 bits per heavy atom. The fraction of sp³-hybridized carbons (Fsp3) is 0.500. The molecule has 2 fully saturated rings. The van der Waals surface area contributed by atoms with Crippen molar-refractivity contribution in [2.45, 2.75) is 18.6 Å². The summed E-state index contributed by atoms with van der Waals surface area (Å²) in [4.78, 5) is 16.0. The van der Waals surface area contributed by atoms with Gasteiger partial charge in [-0.05, 0) is 30.7 Å². The highest BCUT2D eigenvalue weighted by molar-refractivity contribution is 7.91. The fourth-order valence-corrected chi connectivity index (χ4v) is 5.71. The minimum absolute atomic E-state index is 0.0607. The lowest BCUT2D eigenvalue weighted by atomic mass is 10.1. The molecule has 3 heterocycles. The molecule has 2 aliphatic heterocycles. The van der Waals surface area contributed by atoms with Crippen LogP contribution in [0.1, 0.15) is 22.6 Å². The highest BCUT2D eigenvalue weighted by Gasteiger charge is 2.43. The van der Waals surface area contributed by atoms with E-state index in [1.807, 2.05) is 4.90 Å². The second kappa shape index (κ2) is 7.86. The molecule has 31 heavy (non-hydrogen) atoms. The number of sulfone groups is 1. The van der Waals surface area contributed by atoms with Gasteiger partial charge in [0.2, 0.25) is 0 Å². The SMILES string of the molecule is O=C(c1nnn(-c2ccc(F)cc2)c1C(F)(F)F)N1CCN(C2CCS(=O)(=O)C2)CC1. The Morgan fingerprint density at radius 2 is 1.71 bits per heavy atom. The predicted octanol–water partition coefficient (Wildman–Crippen LogP) is 1.37. The lowest BCUT2D eigenvalue weighted by Gasteiger charge is -2.37. The number of hydrogen-bond donors (Lipinski definition) is 0. The maximum atomic E-state index is 13.8. The molecule has 0 radical (unpaired) electrons. The second-order valence-corrected chi connectivity index (χ2v) is 9.79. The summed E-state index contributed by atoms with van der Waals surface area (Å²) in [6, 6.07) is 4.07. The zero-order valence-corrected chi connectivity index (χ0v) is 17.0. The van der Waals surface area contributed by atoms with Gasteiger partial charge in [-0.15, -0.1) is 5.10 Å². The quantitative estimate of drug-likeness (QED) is 0.642. The third kappa shape index (κ3) is 4.42. The van der Waals surface area contributed by atoms with Gasteiger partial charge in [0.1, 0.15) is 5.82 Å². The van der Waals surface area contributed by atoms with Gasteiger partial charge < -0.3 is 4.90 Å². The number of aromatic nitrogens is 3. The Kier molecular flexibility index (Phi) is 5.50. The fourth-order valence-electron chi connectivity index (χ4n) is 3.95. The van der Waals surface area contributed by atoms with Crippen LogP contribution in [0.5, 0.6) is 0 Å². The minimum atomic E-state index is -4.91. The van der Waals surface area contributed by atoms with Crippen LogP contribution in [0.4, 0.5) is 17.6 Å². The topological polar surface area (TPSA) is 88.4 Å². The van der Waals surface area contributed by atoms with Gasteiger partial charge in [-0.3, -0.25) is 9.69 Å². The van der Waals surface area contributed by atoms with Gasteiger partial charge in [0, 0.05) is 32.2 Å². The Labute approximate surface area is 175 Å². The van der Waals surface area contributed by atoms with Crippen LogP contribution >= 0.6 is 0 Å².